The first-order valence-electron chi connectivity index (χ1n) is 7.10. The van der Waals surface area contributed by atoms with Gasteiger partial charge in [0.2, 0.25) is 0 Å². The fourth-order valence-corrected chi connectivity index (χ4v) is 2.97. The summed E-state index contributed by atoms with van der Waals surface area (Å²) >= 11 is 0. The summed E-state index contributed by atoms with van der Waals surface area (Å²) in [4.78, 5) is 13.4. The molecule has 0 radical (unpaired) electrons. The van der Waals surface area contributed by atoms with E-state index in [1.165, 1.54) is 16.7 Å². The van der Waals surface area contributed by atoms with Gasteiger partial charge in [0, 0.05) is 18.7 Å². The predicted molar refractivity (Wildman–Crippen MR) is 78.1 cm³/mol. The van der Waals surface area contributed by atoms with Crippen LogP contribution in [0.1, 0.15) is 29.5 Å². The lowest BCUT2D eigenvalue weighted by atomic mass is 9.96. The van der Waals surface area contributed by atoms with Crippen molar-refractivity contribution in [1.29, 1.82) is 0 Å². The van der Waals surface area contributed by atoms with Crippen LogP contribution in [-0.2, 0) is 11.3 Å². The lowest BCUT2D eigenvalue weighted by Crippen LogP contribution is -2.38. The highest BCUT2D eigenvalue weighted by molar-refractivity contribution is 5.70. The molecule has 0 amide bonds. The van der Waals surface area contributed by atoms with E-state index in [1.54, 1.807) is 7.11 Å². The number of hydrogen-bond acceptors (Lipinski definition) is 3. The minimum atomic E-state index is -0.678. The van der Waals surface area contributed by atoms with E-state index in [0.717, 1.165) is 31.7 Å². The third-order valence-electron chi connectivity index (χ3n) is 4.03. The monoisotopic (exact) mass is 277 g/mol. The van der Waals surface area contributed by atoms with Gasteiger partial charge in [-0.25, -0.2) is 0 Å². The van der Waals surface area contributed by atoms with Gasteiger partial charge in [-0.1, -0.05) is 6.07 Å². The second kappa shape index (κ2) is 6.27. The molecule has 110 valence electrons. The van der Waals surface area contributed by atoms with Crippen molar-refractivity contribution in [2.24, 2.45) is 5.92 Å². The molecule has 1 heterocycles. The number of aliphatic carboxylic acids is 1. The van der Waals surface area contributed by atoms with Crippen LogP contribution >= 0.6 is 0 Å². The summed E-state index contributed by atoms with van der Waals surface area (Å²) < 4.78 is 5.48. The maximum atomic E-state index is 11.1. The summed E-state index contributed by atoms with van der Waals surface area (Å²) in [6, 6.07) is 4.19. The molecular formula is C16H23NO3. The lowest BCUT2D eigenvalue weighted by molar-refractivity contribution is -0.143. The van der Waals surface area contributed by atoms with Crippen molar-refractivity contribution in [2.45, 2.75) is 33.2 Å². The van der Waals surface area contributed by atoms with Gasteiger partial charge >= 0.3 is 5.97 Å². The van der Waals surface area contributed by atoms with Crippen LogP contribution in [0.2, 0.25) is 0 Å². The van der Waals surface area contributed by atoms with Crippen molar-refractivity contribution >= 4 is 5.97 Å². The molecular weight excluding hydrogens is 254 g/mol. The minimum absolute atomic E-state index is 0.236. The quantitative estimate of drug-likeness (QED) is 0.919. The molecule has 1 fully saturated rings. The molecule has 1 aromatic carbocycles. The molecule has 0 aromatic heterocycles. The fraction of sp³-hybridized carbons (Fsp3) is 0.562. The first kappa shape index (κ1) is 14.9. The summed E-state index contributed by atoms with van der Waals surface area (Å²) in [5.74, 6) is -0.0114. The molecule has 1 aliphatic rings. The molecule has 1 unspecified atom stereocenters. The van der Waals surface area contributed by atoms with Gasteiger partial charge in [-0.2, -0.15) is 0 Å². The number of aryl methyl sites for hydroxylation is 2. The average Bonchev–Trinajstić information content (AvgIpc) is 2.41. The number of hydrogen-bond donors (Lipinski definition) is 1. The van der Waals surface area contributed by atoms with Crippen molar-refractivity contribution in [3.8, 4) is 5.75 Å². The molecule has 1 aromatic rings. The van der Waals surface area contributed by atoms with E-state index < -0.39 is 5.97 Å². The first-order chi connectivity index (χ1) is 9.51. The van der Waals surface area contributed by atoms with Gasteiger partial charge in [-0.3, -0.25) is 9.69 Å². The van der Waals surface area contributed by atoms with E-state index in [2.05, 4.69) is 24.8 Å². The Morgan fingerprint density at radius 3 is 2.85 bits per heavy atom. The maximum absolute atomic E-state index is 11.1. The Morgan fingerprint density at radius 1 is 1.45 bits per heavy atom. The SMILES string of the molecule is COc1cc(C)cc(C)c1CN1CCCC(C(=O)O)C1. The Kier molecular flexibility index (Phi) is 4.65. The normalized spacial score (nSPS) is 19.9. The Hall–Kier alpha value is -1.55. The second-order valence-electron chi connectivity index (χ2n) is 5.68. The van der Waals surface area contributed by atoms with Crippen molar-refractivity contribution in [3.05, 3.63) is 28.8 Å². The molecule has 4 heteroatoms. The molecule has 0 saturated carbocycles. The van der Waals surface area contributed by atoms with Crippen LogP contribution in [0.25, 0.3) is 0 Å². The zero-order valence-electron chi connectivity index (χ0n) is 12.5. The van der Waals surface area contributed by atoms with Crippen molar-refractivity contribution in [3.63, 3.8) is 0 Å². The van der Waals surface area contributed by atoms with Crippen LogP contribution in [0.4, 0.5) is 0 Å². The molecule has 0 spiro atoms. The Bertz CT molecular complexity index is 499. The van der Waals surface area contributed by atoms with E-state index in [9.17, 15) is 4.79 Å². The highest BCUT2D eigenvalue weighted by Gasteiger charge is 2.26. The van der Waals surface area contributed by atoms with Crippen LogP contribution in [0.5, 0.6) is 5.75 Å². The molecule has 1 atom stereocenters. The lowest BCUT2D eigenvalue weighted by Gasteiger charge is -2.31. The van der Waals surface area contributed by atoms with Crippen LogP contribution in [0, 0.1) is 19.8 Å². The van der Waals surface area contributed by atoms with Crippen LogP contribution in [0.3, 0.4) is 0 Å². The van der Waals surface area contributed by atoms with E-state index >= 15 is 0 Å². The largest absolute Gasteiger partial charge is 0.496 e. The number of likely N-dealkylation sites (tertiary alicyclic amines) is 1. The number of carboxylic acids is 1. The van der Waals surface area contributed by atoms with Crippen molar-refractivity contribution in [2.75, 3.05) is 20.2 Å². The Balaban J connectivity index is 2.15. The average molecular weight is 277 g/mol. The number of benzene rings is 1. The van der Waals surface area contributed by atoms with Gasteiger partial charge in [0.1, 0.15) is 5.75 Å². The predicted octanol–water partition coefficient (Wildman–Crippen LogP) is 2.61. The van der Waals surface area contributed by atoms with Gasteiger partial charge in [0.05, 0.1) is 13.0 Å². The number of methoxy groups -OCH3 is 1. The zero-order valence-corrected chi connectivity index (χ0v) is 12.5. The fourth-order valence-electron chi connectivity index (χ4n) is 2.97. The maximum Gasteiger partial charge on any atom is 0.307 e. The van der Waals surface area contributed by atoms with Gasteiger partial charge in [-0.15, -0.1) is 0 Å². The standard InChI is InChI=1S/C16H23NO3/c1-11-7-12(2)14(15(8-11)20-3)10-17-6-4-5-13(9-17)16(18)19/h7-8,13H,4-6,9-10H2,1-3H3,(H,18,19). The Morgan fingerprint density at radius 2 is 2.20 bits per heavy atom. The first-order valence-corrected chi connectivity index (χ1v) is 7.10. The molecule has 0 bridgehead atoms. The number of carbonyl (C=O) groups is 1. The van der Waals surface area contributed by atoms with Crippen LogP contribution < -0.4 is 4.74 Å². The van der Waals surface area contributed by atoms with Gasteiger partial charge in [0.15, 0.2) is 0 Å². The molecule has 1 N–H and O–H groups in total. The number of ether oxygens (including phenoxy) is 1. The number of nitrogens with zero attached hydrogens (tertiary/aromatic N) is 1. The number of carboxylic acid groups (broad SMARTS) is 1. The Labute approximate surface area is 120 Å². The third kappa shape index (κ3) is 3.31. The summed E-state index contributed by atoms with van der Waals surface area (Å²) in [6.45, 7) is 6.50. The van der Waals surface area contributed by atoms with Gasteiger partial charge in [-0.05, 0) is 50.4 Å². The van der Waals surface area contributed by atoms with E-state index in [-0.39, 0.29) is 5.92 Å². The van der Waals surface area contributed by atoms with Gasteiger partial charge < -0.3 is 9.84 Å². The smallest absolute Gasteiger partial charge is 0.307 e. The zero-order chi connectivity index (χ0) is 14.7. The third-order valence-corrected chi connectivity index (χ3v) is 4.03. The van der Waals surface area contributed by atoms with Crippen molar-refractivity contribution in [1.82, 2.24) is 4.90 Å². The summed E-state index contributed by atoms with van der Waals surface area (Å²) in [5, 5.41) is 9.16. The van der Waals surface area contributed by atoms with Gasteiger partial charge in [0.25, 0.3) is 0 Å². The second-order valence-corrected chi connectivity index (χ2v) is 5.68. The molecule has 4 nitrogen and oxygen atoms in total. The molecule has 0 aliphatic carbocycles. The number of piperidine rings is 1. The van der Waals surface area contributed by atoms with E-state index in [4.69, 9.17) is 9.84 Å². The van der Waals surface area contributed by atoms with Crippen molar-refractivity contribution < 1.29 is 14.6 Å². The highest BCUT2D eigenvalue weighted by Crippen LogP contribution is 2.27. The minimum Gasteiger partial charge on any atom is -0.496 e. The molecule has 1 aliphatic heterocycles. The topological polar surface area (TPSA) is 49.8 Å². The number of rotatable bonds is 4. The van der Waals surface area contributed by atoms with Crippen LogP contribution in [-0.4, -0.2) is 36.2 Å². The summed E-state index contributed by atoms with van der Waals surface area (Å²) in [7, 11) is 1.69. The molecule has 1 saturated heterocycles. The molecule has 2 rings (SSSR count). The molecule has 20 heavy (non-hydrogen) atoms. The summed E-state index contributed by atoms with van der Waals surface area (Å²) in [6.07, 6.45) is 1.74. The highest BCUT2D eigenvalue weighted by atomic mass is 16.5. The summed E-state index contributed by atoms with van der Waals surface area (Å²) in [5.41, 5.74) is 3.56. The van der Waals surface area contributed by atoms with E-state index in [1.807, 2.05) is 6.07 Å². The van der Waals surface area contributed by atoms with Crippen LogP contribution in [0.15, 0.2) is 12.1 Å². The van der Waals surface area contributed by atoms with E-state index in [0.29, 0.717) is 6.54 Å².